The van der Waals surface area contributed by atoms with Gasteiger partial charge in [0, 0.05) is 0 Å². The van der Waals surface area contributed by atoms with Gasteiger partial charge in [0.25, 0.3) is 7.82 Å². The highest BCUT2D eigenvalue weighted by molar-refractivity contribution is 7.45. The summed E-state index contributed by atoms with van der Waals surface area (Å²) >= 11 is 0. The Morgan fingerprint density at radius 2 is 1.06 bits per heavy atom. The number of unbranched alkanes of at least 4 members (excludes halogenated alkanes) is 15. The lowest BCUT2D eigenvalue weighted by Crippen LogP contribution is -2.59. The summed E-state index contributed by atoms with van der Waals surface area (Å²) in [6.07, 6.45) is 24.8. The van der Waals surface area contributed by atoms with Crippen LogP contribution in [-0.2, 0) is 13.6 Å². The van der Waals surface area contributed by atoms with Crippen molar-refractivity contribution >= 4 is 7.82 Å². The average molecular weight is 488 g/mol. The van der Waals surface area contributed by atoms with Crippen LogP contribution in [0.15, 0.2) is 0 Å². The molecule has 196 valence electrons. The van der Waals surface area contributed by atoms with Crippen LogP contribution in [0.5, 0.6) is 0 Å². The zero-order chi connectivity index (χ0) is 23.7. The molecular formula is C27H54NO4P. The molecule has 0 aliphatic carbocycles. The molecule has 1 atom stereocenters. The van der Waals surface area contributed by atoms with E-state index in [1.807, 2.05) is 0 Å². The first-order valence-corrected chi connectivity index (χ1v) is 16.0. The van der Waals surface area contributed by atoms with Gasteiger partial charge in [-0.2, -0.15) is 0 Å². The summed E-state index contributed by atoms with van der Waals surface area (Å²) in [4.78, 5) is 12.0. The van der Waals surface area contributed by atoms with E-state index in [9.17, 15) is 9.46 Å². The molecule has 0 amide bonds. The van der Waals surface area contributed by atoms with Gasteiger partial charge in [0.05, 0.1) is 26.2 Å². The van der Waals surface area contributed by atoms with Gasteiger partial charge in [-0.05, 0) is 31.6 Å². The average Bonchev–Trinajstić information content (AvgIpc) is 2.82. The van der Waals surface area contributed by atoms with Crippen molar-refractivity contribution in [3.8, 4) is 0 Å². The van der Waals surface area contributed by atoms with E-state index in [-0.39, 0.29) is 13.2 Å². The molecule has 6 heteroatoms. The molecule has 0 aromatic heterocycles. The van der Waals surface area contributed by atoms with Crippen LogP contribution in [0.2, 0.25) is 0 Å². The number of hydrogen-bond acceptors (Lipinski definition) is 4. The number of phosphoric ester groups is 1. The Kier molecular flexibility index (Phi) is 15.5. The minimum absolute atomic E-state index is 0.265. The van der Waals surface area contributed by atoms with Crippen LogP contribution in [0.25, 0.3) is 0 Å². The molecule has 3 saturated heterocycles. The standard InChI is InChI=1S/C27H54NO4P/c1-2-3-4-5-6-7-8-9-10-11-12-13-14-15-16-17-25-31-33(29,30)32-26-24-28-21-18-27(19-22-28)20-23-28/h27H,2-26H2,1H3. The minimum atomic E-state index is -4.14. The lowest BCUT2D eigenvalue weighted by molar-refractivity contribution is -0.942. The summed E-state index contributed by atoms with van der Waals surface area (Å²) in [5.74, 6) is 0.916. The lowest BCUT2D eigenvalue weighted by Gasteiger charge is -2.49. The number of phosphoric acid groups is 1. The van der Waals surface area contributed by atoms with Gasteiger partial charge in [-0.3, -0.25) is 4.57 Å². The maximum absolute atomic E-state index is 12.0. The van der Waals surface area contributed by atoms with Crippen LogP contribution in [0, 0.1) is 5.92 Å². The Morgan fingerprint density at radius 1 is 0.667 bits per heavy atom. The second-order valence-electron chi connectivity index (χ2n) is 10.9. The summed E-state index contributed by atoms with van der Waals surface area (Å²) < 4.78 is 23.3. The largest absolute Gasteiger partial charge is 0.756 e. The molecule has 3 aliphatic rings. The number of nitrogens with zero attached hydrogens (tertiary/aromatic N) is 1. The normalized spacial score (nSPS) is 24.2. The molecule has 3 rings (SSSR count). The maximum atomic E-state index is 12.0. The number of piperidine rings is 3. The van der Waals surface area contributed by atoms with E-state index < -0.39 is 7.82 Å². The fourth-order valence-electron chi connectivity index (χ4n) is 5.68. The zero-order valence-corrected chi connectivity index (χ0v) is 22.7. The van der Waals surface area contributed by atoms with Crippen molar-refractivity contribution in [2.45, 2.75) is 129 Å². The van der Waals surface area contributed by atoms with E-state index in [0.29, 0.717) is 0 Å². The summed E-state index contributed by atoms with van der Waals surface area (Å²) in [5.41, 5.74) is 0. The highest BCUT2D eigenvalue weighted by atomic mass is 31.2. The van der Waals surface area contributed by atoms with Gasteiger partial charge in [0.15, 0.2) is 0 Å². The molecule has 5 nitrogen and oxygen atoms in total. The predicted octanol–water partition coefficient (Wildman–Crippen LogP) is 7.38. The molecule has 0 N–H and O–H groups in total. The zero-order valence-electron chi connectivity index (χ0n) is 21.8. The Labute approximate surface area is 205 Å². The van der Waals surface area contributed by atoms with Crippen molar-refractivity contribution in [1.29, 1.82) is 0 Å². The topological polar surface area (TPSA) is 58.6 Å². The Hall–Kier alpha value is 0.0700. The van der Waals surface area contributed by atoms with E-state index in [0.717, 1.165) is 29.8 Å². The summed E-state index contributed by atoms with van der Waals surface area (Å²) in [5, 5.41) is 0. The van der Waals surface area contributed by atoms with Crippen molar-refractivity contribution in [1.82, 2.24) is 0 Å². The van der Waals surface area contributed by atoms with Gasteiger partial charge in [0.1, 0.15) is 13.2 Å². The number of quaternary nitrogens is 1. The molecule has 1 unspecified atom stereocenters. The van der Waals surface area contributed by atoms with E-state index in [1.165, 1.54) is 129 Å². The summed E-state index contributed by atoms with van der Waals surface area (Å²) in [6.45, 7) is 7.19. The first-order chi connectivity index (χ1) is 16.1. The first-order valence-electron chi connectivity index (χ1n) is 14.5. The minimum Gasteiger partial charge on any atom is -0.756 e. The van der Waals surface area contributed by atoms with Crippen LogP contribution in [-0.4, -0.2) is 43.9 Å². The van der Waals surface area contributed by atoms with Crippen molar-refractivity contribution in [2.75, 3.05) is 39.4 Å². The van der Waals surface area contributed by atoms with Gasteiger partial charge in [0.2, 0.25) is 0 Å². The summed E-state index contributed by atoms with van der Waals surface area (Å²) in [7, 11) is -4.14. The second kappa shape index (κ2) is 17.5. The fourth-order valence-corrected chi connectivity index (χ4v) is 6.42. The van der Waals surface area contributed by atoms with Gasteiger partial charge in [-0.1, -0.05) is 103 Å². The second-order valence-corrected chi connectivity index (χ2v) is 12.3. The van der Waals surface area contributed by atoms with Crippen LogP contribution < -0.4 is 4.89 Å². The number of hydrogen-bond donors (Lipinski definition) is 0. The molecule has 0 saturated carbocycles. The van der Waals surface area contributed by atoms with Crippen LogP contribution in [0.1, 0.15) is 129 Å². The molecule has 3 aliphatic heterocycles. The van der Waals surface area contributed by atoms with E-state index in [4.69, 9.17) is 9.05 Å². The molecule has 0 aromatic rings. The summed E-state index contributed by atoms with van der Waals surface area (Å²) in [6, 6.07) is 0. The molecule has 2 bridgehead atoms. The van der Waals surface area contributed by atoms with Crippen LogP contribution in [0.4, 0.5) is 0 Å². The van der Waals surface area contributed by atoms with Gasteiger partial charge in [-0.25, -0.2) is 0 Å². The molecule has 0 aromatic carbocycles. The van der Waals surface area contributed by atoms with Gasteiger partial charge >= 0.3 is 0 Å². The molecule has 0 spiro atoms. The third-order valence-electron chi connectivity index (χ3n) is 8.10. The van der Waals surface area contributed by atoms with E-state index in [1.54, 1.807) is 0 Å². The van der Waals surface area contributed by atoms with Crippen molar-refractivity contribution in [2.24, 2.45) is 5.92 Å². The molecule has 3 fully saturated rings. The molecular weight excluding hydrogens is 433 g/mol. The number of fused-ring (bicyclic) bond motifs is 3. The van der Waals surface area contributed by atoms with Gasteiger partial charge in [-0.15, -0.1) is 0 Å². The number of rotatable bonds is 22. The smallest absolute Gasteiger partial charge is 0.268 e. The van der Waals surface area contributed by atoms with Crippen molar-refractivity contribution in [3.05, 3.63) is 0 Å². The lowest BCUT2D eigenvalue weighted by atomic mass is 9.86. The molecule has 3 heterocycles. The van der Waals surface area contributed by atoms with Crippen LogP contribution in [0.3, 0.4) is 0 Å². The Morgan fingerprint density at radius 3 is 1.52 bits per heavy atom. The Bertz CT molecular complexity index is 508. The highest BCUT2D eigenvalue weighted by Crippen LogP contribution is 2.39. The van der Waals surface area contributed by atoms with E-state index >= 15 is 0 Å². The Balaban J connectivity index is 1.31. The molecule has 0 radical (unpaired) electrons. The monoisotopic (exact) mass is 487 g/mol. The van der Waals surface area contributed by atoms with Gasteiger partial charge < -0.3 is 18.4 Å². The van der Waals surface area contributed by atoms with Crippen molar-refractivity contribution < 1.29 is 23.0 Å². The third-order valence-corrected chi connectivity index (χ3v) is 9.09. The predicted molar refractivity (Wildman–Crippen MR) is 136 cm³/mol. The highest BCUT2D eigenvalue weighted by Gasteiger charge is 2.39. The SMILES string of the molecule is CCCCCCCCCCCCCCCCCCOP(=O)([O-])OCC[N+]12CCC(CC1)CC2. The molecule has 33 heavy (non-hydrogen) atoms. The quantitative estimate of drug-likeness (QED) is 0.0908. The third kappa shape index (κ3) is 13.7. The van der Waals surface area contributed by atoms with Crippen LogP contribution >= 0.6 is 7.82 Å². The van der Waals surface area contributed by atoms with E-state index in [2.05, 4.69) is 6.92 Å². The van der Waals surface area contributed by atoms with Crippen molar-refractivity contribution in [3.63, 3.8) is 0 Å². The maximum Gasteiger partial charge on any atom is 0.268 e. The first kappa shape index (κ1) is 29.3. The fraction of sp³-hybridized carbons (Fsp3) is 1.00.